The van der Waals surface area contributed by atoms with Crippen LogP contribution in [0.4, 0.5) is 4.79 Å². The molecule has 1 fully saturated rings. The Labute approximate surface area is 71.6 Å². The van der Waals surface area contributed by atoms with Crippen molar-refractivity contribution < 1.29 is 15.0 Å². The van der Waals surface area contributed by atoms with Crippen LogP contribution in [0.25, 0.3) is 0 Å². The van der Waals surface area contributed by atoms with E-state index in [0.717, 1.165) is 6.42 Å². The first-order valence-electron chi connectivity index (χ1n) is 4.08. The van der Waals surface area contributed by atoms with Crippen molar-refractivity contribution in [2.75, 3.05) is 6.61 Å². The van der Waals surface area contributed by atoms with Gasteiger partial charge in [0.2, 0.25) is 0 Å². The first kappa shape index (κ1) is 9.32. The predicted molar refractivity (Wildman–Crippen MR) is 43.9 cm³/mol. The van der Waals surface area contributed by atoms with Crippen molar-refractivity contribution in [1.29, 1.82) is 0 Å². The van der Waals surface area contributed by atoms with Gasteiger partial charge in [0.05, 0.1) is 0 Å². The van der Waals surface area contributed by atoms with E-state index in [9.17, 15) is 4.79 Å². The van der Waals surface area contributed by atoms with Gasteiger partial charge in [0, 0.05) is 12.6 Å². The molecule has 0 aromatic carbocycles. The highest BCUT2D eigenvalue weighted by molar-refractivity contribution is 5.65. The van der Waals surface area contributed by atoms with Crippen LogP contribution in [-0.4, -0.2) is 29.0 Å². The molecule has 1 amide bonds. The second kappa shape index (κ2) is 2.94. The Bertz CT molecular complexity index is 191. The number of rotatable bonds is 2. The molecule has 2 atom stereocenters. The number of amides is 1. The standard InChI is InChI=1S/C8H15NO3/c1-8(2)5(4-10)3-6(8)9-7(11)12/h5-6,9-10H,3-4H2,1-2H3,(H,11,12)/t5-,6-/m1/s1. The molecule has 70 valence electrons. The summed E-state index contributed by atoms with van der Waals surface area (Å²) < 4.78 is 0. The summed E-state index contributed by atoms with van der Waals surface area (Å²) >= 11 is 0. The monoisotopic (exact) mass is 173 g/mol. The topological polar surface area (TPSA) is 69.6 Å². The van der Waals surface area contributed by atoms with Crippen molar-refractivity contribution >= 4 is 6.09 Å². The number of aliphatic hydroxyl groups is 1. The molecule has 0 aliphatic heterocycles. The first-order valence-corrected chi connectivity index (χ1v) is 4.08. The molecule has 1 aliphatic rings. The molecule has 3 N–H and O–H groups in total. The highest BCUT2D eigenvalue weighted by atomic mass is 16.4. The zero-order valence-corrected chi connectivity index (χ0v) is 7.37. The van der Waals surface area contributed by atoms with Gasteiger partial charge >= 0.3 is 6.09 Å². The van der Waals surface area contributed by atoms with Gasteiger partial charge in [0.25, 0.3) is 0 Å². The molecule has 12 heavy (non-hydrogen) atoms. The quantitative estimate of drug-likeness (QED) is 0.574. The molecule has 1 saturated carbocycles. The van der Waals surface area contributed by atoms with Crippen LogP contribution < -0.4 is 5.32 Å². The van der Waals surface area contributed by atoms with Gasteiger partial charge < -0.3 is 15.5 Å². The van der Waals surface area contributed by atoms with E-state index >= 15 is 0 Å². The lowest BCUT2D eigenvalue weighted by molar-refractivity contribution is -0.0199. The van der Waals surface area contributed by atoms with E-state index in [2.05, 4.69) is 5.32 Å². The average Bonchev–Trinajstić information content (AvgIpc) is 1.96. The Morgan fingerprint density at radius 1 is 1.67 bits per heavy atom. The van der Waals surface area contributed by atoms with Crippen molar-refractivity contribution in [3.63, 3.8) is 0 Å². The summed E-state index contributed by atoms with van der Waals surface area (Å²) in [7, 11) is 0. The van der Waals surface area contributed by atoms with Crippen molar-refractivity contribution in [1.82, 2.24) is 5.32 Å². The van der Waals surface area contributed by atoms with Gasteiger partial charge in [-0.3, -0.25) is 0 Å². The highest BCUT2D eigenvalue weighted by Crippen LogP contribution is 2.45. The highest BCUT2D eigenvalue weighted by Gasteiger charge is 2.48. The number of hydrogen-bond donors (Lipinski definition) is 3. The van der Waals surface area contributed by atoms with Crippen molar-refractivity contribution in [2.24, 2.45) is 11.3 Å². The fraction of sp³-hybridized carbons (Fsp3) is 0.875. The fourth-order valence-corrected chi connectivity index (χ4v) is 1.72. The van der Waals surface area contributed by atoms with Crippen LogP contribution >= 0.6 is 0 Å². The van der Waals surface area contributed by atoms with Gasteiger partial charge in [0.15, 0.2) is 0 Å². The first-order chi connectivity index (χ1) is 5.48. The molecule has 0 aromatic rings. The Morgan fingerprint density at radius 3 is 2.58 bits per heavy atom. The lowest BCUT2D eigenvalue weighted by Crippen LogP contribution is -2.59. The number of nitrogens with one attached hydrogen (secondary N) is 1. The van der Waals surface area contributed by atoms with E-state index in [4.69, 9.17) is 10.2 Å². The van der Waals surface area contributed by atoms with Crippen molar-refractivity contribution in [3.8, 4) is 0 Å². The Morgan fingerprint density at radius 2 is 2.25 bits per heavy atom. The molecule has 1 rings (SSSR count). The number of carboxylic acid groups (broad SMARTS) is 1. The zero-order chi connectivity index (χ0) is 9.35. The number of hydrogen-bond acceptors (Lipinski definition) is 2. The van der Waals surface area contributed by atoms with Crippen LogP contribution in [0.15, 0.2) is 0 Å². The SMILES string of the molecule is CC1(C)[C@@H](CO)C[C@H]1NC(=O)O. The molecule has 0 heterocycles. The third kappa shape index (κ3) is 1.39. The Kier molecular flexibility index (Phi) is 2.28. The maximum atomic E-state index is 10.3. The smallest absolute Gasteiger partial charge is 0.404 e. The second-order valence-corrected chi connectivity index (χ2v) is 3.94. The van der Waals surface area contributed by atoms with Crippen LogP contribution in [0.3, 0.4) is 0 Å². The minimum absolute atomic E-state index is 0.00727. The summed E-state index contributed by atoms with van der Waals surface area (Å²) in [6, 6.07) is -0.00727. The van der Waals surface area contributed by atoms with Crippen LogP contribution in [0.5, 0.6) is 0 Å². The number of aliphatic hydroxyl groups excluding tert-OH is 1. The molecule has 0 saturated heterocycles. The third-order valence-corrected chi connectivity index (χ3v) is 2.99. The maximum absolute atomic E-state index is 10.3. The van der Waals surface area contributed by atoms with Gasteiger partial charge in [-0.1, -0.05) is 13.8 Å². The lowest BCUT2D eigenvalue weighted by Gasteiger charge is -2.51. The average molecular weight is 173 g/mol. The van der Waals surface area contributed by atoms with Crippen LogP contribution in [0.1, 0.15) is 20.3 Å². The normalized spacial score (nSPS) is 32.2. The lowest BCUT2D eigenvalue weighted by atomic mass is 9.59. The summed E-state index contributed by atoms with van der Waals surface area (Å²) in [5.41, 5.74) is -0.104. The summed E-state index contributed by atoms with van der Waals surface area (Å²) in [5.74, 6) is 0.231. The molecule has 0 radical (unpaired) electrons. The van der Waals surface area contributed by atoms with Gasteiger partial charge in [-0.2, -0.15) is 0 Å². The molecule has 0 bridgehead atoms. The summed E-state index contributed by atoms with van der Waals surface area (Å²) in [4.78, 5) is 10.3. The Hall–Kier alpha value is -0.770. The van der Waals surface area contributed by atoms with E-state index in [-0.39, 0.29) is 24.0 Å². The van der Waals surface area contributed by atoms with Gasteiger partial charge in [-0.15, -0.1) is 0 Å². The van der Waals surface area contributed by atoms with E-state index in [1.54, 1.807) is 0 Å². The van der Waals surface area contributed by atoms with Crippen LogP contribution in [-0.2, 0) is 0 Å². The molecule has 4 nitrogen and oxygen atoms in total. The van der Waals surface area contributed by atoms with Gasteiger partial charge in [0.1, 0.15) is 0 Å². The largest absolute Gasteiger partial charge is 0.465 e. The molecule has 4 heteroatoms. The minimum Gasteiger partial charge on any atom is -0.465 e. The molecule has 0 aromatic heterocycles. The van der Waals surface area contributed by atoms with Crippen LogP contribution in [0, 0.1) is 11.3 Å². The summed E-state index contributed by atoms with van der Waals surface area (Å²) in [5, 5.41) is 19.8. The minimum atomic E-state index is -0.982. The number of carbonyl (C=O) groups is 1. The predicted octanol–water partition coefficient (Wildman–Crippen LogP) is 0.661. The summed E-state index contributed by atoms with van der Waals surface area (Å²) in [6.45, 7) is 4.08. The van der Waals surface area contributed by atoms with Crippen molar-refractivity contribution in [2.45, 2.75) is 26.3 Å². The Balaban J connectivity index is 2.47. The van der Waals surface area contributed by atoms with E-state index in [1.165, 1.54) is 0 Å². The molecule has 1 aliphatic carbocycles. The second-order valence-electron chi connectivity index (χ2n) is 3.94. The van der Waals surface area contributed by atoms with Gasteiger partial charge in [-0.25, -0.2) is 4.79 Å². The van der Waals surface area contributed by atoms with Gasteiger partial charge in [-0.05, 0) is 17.8 Å². The van der Waals surface area contributed by atoms with E-state index in [1.807, 2.05) is 13.8 Å². The molecule has 0 unspecified atom stereocenters. The molecular formula is C8H15NO3. The summed E-state index contributed by atoms with van der Waals surface area (Å²) in [6.07, 6.45) is -0.236. The van der Waals surface area contributed by atoms with Crippen LogP contribution in [0.2, 0.25) is 0 Å². The third-order valence-electron chi connectivity index (χ3n) is 2.99. The van der Waals surface area contributed by atoms with E-state index < -0.39 is 6.09 Å². The fourth-order valence-electron chi connectivity index (χ4n) is 1.72. The molecule has 0 spiro atoms. The van der Waals surface area contributed by atoms with Crippen molar-refractivity contribution in [3.05, 3.63) is 0 Å². The van der Waals surface area contributed by atoms with E-state index in [0.29, 0.717) is 0 Å². The zero-order valence-electron chi connectivity index (χ0n) is 7.37. The molecular weight excluding hydrogens is 158 g/mol. The maximum Gasteiger partial charge on any atom is 0.404 e.